The van der Waals surface area contributed by atoms with E-state index < -0.39 is 12.1 Å². The number of anilines is 1. The molecule has 2 aromatic rings. The Kier molecular flexibility index (Phi) is 9.45. The summed E-state index contributed by atoms with van der Waals surface area (Å²) in [6.07, 6.45) is -1.16. The molecular weight excluding hydrogens is 495 g/mol. The van der Waals surface area contributed by atoms with Crippen molar-refractivity contribution in [2.24, 2.45) is 0 Å². The molecule has 2 amide bonds. The molecule has 2 aliphatic rings. The monoisotopic (exact) mass is 523 g/mol. The summed E-state index contributed by atoms with van der Waals surface area (Å²) in [6, 6.07) is 10.8. The van der Waals surface area contributed by atoms with E-state index in [0.29, 0.717) is 31.0 Å². The molecule has 1 N–H and O–H groups in total. The molecule has 37 heavy (non-hydrogen) atoms. The highest BCUT2D eigenvalue weighted by atomic mass is 19.4. The number of carboxylic acids is 1. The molecule has 1 aromatic carbocycles. The third kappa shape index (κ3) is 7.66. The van der Waals surface area contributed by atoms with Crippen LogP contribution in [-0.2, 0) is 9.59 Å². The number of hydrogen-bond acceptors (Lipinski definition) is 6. The second kappa shape index (κ2) is 12.5. The fourth-order valence-corrected chi connectivity index (χ4v) is 4.15. The van der Waals surface area contributed by atoms with Gasteiger partial charge in [0.05, 0.1) is 12.0 Å². The summed E-state index contributed by atoms with van der Waals surface area (Å²) in [4.78, 5) is 52.0. The highest BCUT2D eigenvalue weighted by molar-refractivity contribution is 6.10. The lowest BCUT2D eigenvalue weighted by Crippen LogP contribution is -2.48. The zero-order valence-corrected chi connectivity index (χ0v) is 20.1. The molecule has 1 fully saturated rings. The molecule has 0 atom stereocenters. The number of nitrogens with zero attached hydrogens (tertiary/aromatic N) is 3. The van der Waals surface area contributed by atoms with E-state index >= 15 is 0 Å². The highest BCUT2D eigenvalue weighted by Gasteiger charge is 2.38. The number of benzene rings is 1. The smallest absolute Gasteiger partial charge is 0.475 e. The van der Waals surface area contributed by atoms with E-state index in [1.54, 1.807) is 17.0 Å². The number of carbonyl (C=O) groups is 4. The molecule has 4 rings (SSSR count). The lowest BCUT2D eigenvalue weighted by molar-refractivity contribution is -0.192. The first-order chi connectivity index (χ1) is 17.6. The van der Waals surface area contributed by atoms with Gasteiger partial charge in [-0.1, -0.05) is 12.1 Å². The molecule has 2 aliphatic heterocycles. The standard InChI is InChI=1S/C23H27N3O4.C2HF3O2/c27-20-9-10-22(28)26(19-7-2-1-6-18(19)20)12-4-3-11-24-13-15-25(16-14-24)23(29)21-8-5-17-30-21;3-2(4,5)1(6)7/h1-2,5-8,17H,3-4,9-16H2;(H,6,7). The van der Waals surface area contributed by atoms with Gasteiger partial charge in [-0.2, -0.15) is 13.2 Å². The van der Waals surface area contributed by atoms with Gasteiger partial charge in [0.15, 0.2) is 11.5 Å². The van der Waals surface area contributed by atoms with Crippen molar-refractivity contribution in [3.8, 4) is 0 Å². The SMILES string of the molecule is O=C(O)C(F)(F)F.O=C1CCC(=O)N(CCCCN2CCN(C(=O)c3ccco3)CC2)c2ccccc21. The van der Waals surface area contributed by atoms with E-state index in [2.05, 4.69) is 4.90 Å². The van der Waals surface area contributed by atoms with Crippen LogP contribution in [0.25, 0.3) is 0 Å². The lowest BCUT2D eigenvalue weighted by Gasteiger charge is -2.34. The molecular formula is C25H28F3N3O6. The Morgan fingerprint density at radius 2 is 1.57 bits per heavy atom. The third-order valence-electron chi connectivity index (χ3n) is 6.10. The summed E-state index contributed by atoms with van der Waals surface area (Å²) in [5.74, 6) is -2.34. The zero-order valence-electron chi connectivity index (χ0n) is 20.1. The third-order valence-corrected chi connectivity index (χ3v) is 6.10. The molecule has 0 saturated carbocycles. The van der Waals surface area contributed by atoms with E-state index in [-0.39, 0.29) is 30.4 Å². The van der Waals surface area contributed by atoms with Gasteiger partial charge < -0.3 is 19.3 Å². The summed E-state index contributed by atoms with van der Waals surface area (Å²) in [6.45, 7) is 4.63. The van der Waals surface area contributed by atoms with Gasteiger partial charge in [0.25, 0.3) is 5.91 Å². The number of aliphatic carboxylic acids is 1. The maximum atomic E-state index is 12.5. The van der Waals surface area contributed by atoms with Crippen molar-refractivity contribution < 1.29 is 41.9 Å². The summed E-state index contributed by atoms with van der Waals surface area (Å²) in [7, 11) is 0. The number of amides is 2. The van der Waals surface area contributed by atoms with E-state index in [4.69, 9.17) is 14.3 Å². The van der Waals surface area contributed by atoms with Crippen LogP contribution in [0.1, 0.15) is 46.6 Å². The Morgan fingerprint density at radius 3 is 2.19 bits per heavy atom. The van der Waals surface area contributed by atoms with Crippen LogP contribution in [0, 0.1) is 0 Å². The van der Waals surface area contributed by atoms with Crippen molar-refractivity contribution in [3.05, 3.63) is 54.0 Å². The number of rotatable bonds is 6. The minimum absolute atomic E-state index is 0.0263. The maximum absolute atomic E-state index is 12.5. The number of furan rings is 1. The average molecular weight is 524 g/mol. The first kappa shape index (κ1) is 27.9. The average Bonchev–Trinajstić information content (AvgIpc) is 3.38. The number of piperazine rings is 1. The zero-order chi connectivity index (χ0) is 27.0. The van der Waals surface area contributed by atoms with Crippen molar-refractivity contribution in [2.75, 3.05) is 44.2 Å². The van der Waals surface area contributed by atoms with E-state index in [9.17, 15) is 27.6 Å². The van der Waals surface area contributed by atoms with E-state index in [0.717, 1.165) is 38.2 Å². The number of ketones is 1. The Hall–Kier alpha value is -3.67. The predicted molar refractivity (Wildman–Crippen MR) is 126 cm³/mol. The van der Waals surface area contributed by atoms with Gasteiger partial charge >= 0.3 is 12.1 Å². The number of carboxylic acid groups (broad SMARTS) is 1. The fraction of sp³-hybridized carbons (Fsp3) is 0.440. The van der Waals surface area contributed by atoms with Gasteiger partial charge in [0, 0.05) is 51.1 Å². The van der Waals surface area contributed by atoms with Crippen LogP contribution < -0.4 is 4.90 Å². The molecule has 1 saturated heterocycles. The predicted octanol–water partition coefficient (Wildman–Crippen LogP) is 3.46. The number of hydrogen-bond donors (Lipinski definition) is 1. The molecule has 9 nitrogen and oxygen atoms in total. The quantitative estimate of drug-likeness (QED) is 0.578. The Labute approximate surface area is 211 Å². The second-order valence-corrected chi connectivity index (χ2v) is 8.61. The van der Waals surface area contributed by atoms with Crippen LogP contribution in [0.15, 0.2) is 47.1 Å². The summed E-state index contributed by atoms with van der Waals surface area (Å²) >= 11 is 0. The van der Waals surface area contributed by atoms with Crippen molar-refractivity contribution in [1.82, 2.24) is 9.80 Å². The Bertz CT molecular complexity index is 1100. The number of para-hydroxylation sites is 1. The summed E-state index contributed by atoms with van der Waals surface area (Å²) in [5, 5.41) is 7.12. The molecule has 0 unspecified atom stereocenters. The first-order valence-corrected chi connectivity index (χ1v) is 11.9. The molecule has 12 heteroatoms. The van der Waals surface area contributed by atoms with Crippen molar-refractivity contribution in [1.29, 1.82) is 0 Å². The van der Waals surface area contributed by atoms with Crippen molar-refractivity contribution in [3.63, 3.8) is 0 Å². The van der Waals surface area contributed by atoms with Crippen LogP contribution in [0.4, 0.5) is 18.9 Å². The summed E-state index contributed by atoms with van der Waals surface area (Å²) in [5.41, 5.74) is 1.40. The maximum Gasteiger partial charge on any atom is 0.490 e. The largest absolute Gasteiger partial charge is 0.490 e. The number of carbonyl (C=O) groups excluding carboxylic acids is 3. The van der Waals surface area contributed by atoms with Gasteiger partial charge in [-0.15, -0.1) is 0 Å². The normalized spacial score (nSPS) is 16.5. The van der Waals surface area contributed by atoms with Gasteiger partial charge in [-0.25, -0.2) is 4.79 Å². The molecule has 0 spiro atoms. The van der Waals surface area contributed by atoms with Gasteiger partial charge in [-0.3, -0.25) is 19.3 Å². The minimum Gasteiger partial charge on any atom is -0.475 e. The number of fused-ring (bicyclic) bond motifs is 1. The van der Waals surface area contributed by atoms with Crippen LogP contribution in [-0.4, -0.2) is 83.9 Å². The van der Waals surface area contributed by atoms with Crippen LogP contribution in [0.5, 0.6) is 0 Å². The molecule has 0 aliphatic carbocycles. The van der Waals surface area contributed by atoms with Crippen molar-refractivity contribution in [2.45, 2.75) is 31.9 Å². The number of alkyl halides is 3. The number of halogens is 3. The number of Topliss-reactive ketones (excluding diaryl/α,β-unsaturated/α-hetero) is 1. The van der Waals surface area contributed by atoms with Crippen molar-refractivity contribution >= 4 is 29.3 Å². The molecule has 200 valence electrons. The number of unbranched alkanes of at least 4 members (excludes halogenated alkanes) is 1. The Balaban J connectivity index is 0.000000479. The minimum atomic E-state index is -5.08. The van der Waals surface area contributed by atoms with E-state index in [1.807, 2.05) is 29.2 Å². The van der Waals surface area contributed by atoms with Gasteiger partial charge in [-0.05, 0) is 43.7 Å². The van der Waals surface area contributed by atoms with Crippen LogP contribution in [0.2, 0.25) is 0 Å². The Morgan fingerprint density at radius 1 is 0.919 bits per heavy atom. The van der Waals surface area contributed by atoms with Crippen LogP contribution in [0.3, 0.4) is 0 Å². The fourth-order valence-electron chi connectivity index (χ4n) is 4.15. The van der Waals surface area contributed by atoms with Crippen LogP contribution >= 0.6 is 0 Å². The summed E-state index contributed by atoms with van der Waals surface area (Å²) < 4.78 is 36.9. The molecule has 1 aromatic heterocycles. The topological polar surface area (TPSA) is 111 Å². The molecule has 3 heterocycles. The molecule has 0 bridgehead atoms. The second-order valence-electron chi connectivity index (χ2n) is 8.61. The highest BCUT2D eigenvalue weighted by Crippen LogP contribution is 2.27. The van der Waals surface area contributed by atoms with E-state index in [1.165, 1.54) is 6.26 Å². The van der Waals surface area contributed by atoms with Gasteiger partial charge in [0.1, 0.15) is 0 Å². The van der Waals surface area contributed by atoms with Gasteiger partial charge in [0.2, 0.25) is 5.91 Å². The lowest BCUT2D eigenvalue weighted by atomic mass is 10.1. The molecule has 0 radical (unpaired) electrons. The first-order valence-electron chi connectivity index (χ1n) is 11.9.